The Kier molecular flexibility index (Phi) is 4.23. The number of rotatable bonds is 3. The number of hydrogen-bond acceptors (Lipinski definition) is 2. The molecule has 0 bridgehead atoms. The number of anilines is 1. The lowest BCUT2D eigenvalue weighted by Gasteiger charge is -2.20. The summed E-state index contributed by atoms with van der Waals surface area (Å²) in [6, 6.07) is 3.97. The van der Waals surface area contributed by atoms with E-state index in [-0.39, 0.29) is 34.2 Å². The van der Waals surface area contributed by atoms with Crippen LogP contribution in [0.4, 0.5) is 10.1 Å². The second-order valence-electron chi connectivity index (χ2n) is 6.31. The number of nitrogens with one attached hydrogen (secondary N) is 2. The van der Waals surface area contributed by atoms with E-state index in [4.69, 9.17) is 11.6 Å². The molecular weight excluding hydrogens is 295 g/mol. The van der Waals surface area contributed by atoms with Crippen LogP contribution in [0.1, 0.15) is 27.2 Å². The first-order valence-corrected chi connectivity index (χ1v) is 7.13. The Morgan fingerprint density at radius 1 is 1.24 bits per heavy atom. The van der Waals surface area contributed by atoms with Gasteiger partial charge >= 0.3 is 0 Å². The summed E-state index contributed by atoms with van der Waals surface area (Å²) in [5.74, 6) is -1.52. The summed E-state index contributed by atoms with van der Waals surface area (Å²) in [6.07, 6.45) is 0.530. The average molecular weight is 313 g/mol. The molecule has 0 aromatic heterocycles. The van der Waals surface area contributed by atoms with Crippen LogP contribution in [0, 0.1) is 17.7 Å². The first kappa shape index (κ1) is 15.8. The fraction of sp³-hybridized carbons (Fsp3) is 0.467. The van der Waals surface area contributed by atoms with Crippen LogP contribution in [0.3, 0.4) is 0 Å². The van der Waals surface area contributed by atoms with Gasteiger partial charge in [-0.25, -0.2) is 4.39 Å². The molecule has 0 spiro atoms. The molecule has 2 N–H and O–H groups in total. The fourth-order valence-electron chi connectivity index (χ4n) is 2.05. The molecule has 1 saturated carbocycles. The lowest BCUT2D eigenvalue weighted by atomic mass is 10.1. The third-order valence-electron chi connectivity index (χ3n) is 3.15. The van der Waals surface area contributed by atoms with Gasteiger partial charge in [-0.15, -0.1) is 0 Å². The predicted molar refractivity (Wildman–Crippen MR) is 79.5 cm³/mol. The van der Waals surface area contributed by atoms with Crippen LogP contribution in [0.2, 0.25) is 5.02 Å². The van der Waals surface area contributed by atoms with Gasteiger partial charge in [0.05, 0.1) is 16.9 Å². The van der Waals surface area contributed by atoms with Gasteiger partial charge in [0.2, 0.25) is 11.8 Å². The molecule has 1 aromatic carbocycles. The molecule has 2 unspecified atom stereocenters. The maximum absolute atomic E-state index is 13.0. The highest BCUT2D eigenvalue weighted by Crippen LogP contribution is 2.40. The molecule has 0 radical (unpaired) electrons. The first-order valence-electron chi connectivity index (χ1n) is 6.75. The molecule has 114 valence electrons. The molecule has 1 aromatic rings. The van der Waals surface area contributed by atoms with Gasteiger partial charge in [0, 0.05) is 11.2 Å². The van der Waals surface area contributed by atoms with Gasteiger partial charge in [0.15, 0.2) is 0 Å². The monoisotopic (exact) mass is 312 g/mol. The van der Waals surface area contributed by atoms with E-state index in [9.17, 15) is 14.0 Å². The molecule has 1 aliphatic rings. The van der Waals surface area contributed by atoms with Crippen molar-refractivity contribution in [2.24, 2.45) is 11.8 Å². The van der Waals surface area contributed by atoms with Crippen molar-refractivity contribution in [3.63, 3.8) is 0 Å². The quantitative estimate of drug-likeness (QED) is 0.901. The maximum atomic E-state index is 13.0. The van der Waals surface area contributed by atoms with Crippen molar-refractivity contribution in [1.82, 2.24) is 5.32 Å². The Labute approximate surface area is 128 Å². The van der Waals surface area contributed by atoms with Gasteiger partial charge in [-0.05, 0) is 45.4 Å². The smallest absolute Gasteiger partial charge is 0.228 e. The van der Waals surface area contributed by atoms with E-state index < -0.39 is 5.82 Å². The summed E-state index contributed by atoms with van der Waals surface area (Å²) >= 11 is 5.65. The van der Waals surface area contributed by atoms with Gasteiger partial charge in [-0.1, -0.05) is 11.6 Å². The van der Waals surface area contributed by atoms with Crippen molar-refractivity contribution in [2.75, 3.05) is 5.32 Å². The lowest BCUT2D eigenvalue weighted by Crippen LogP contribution is -2.42. The number of carbonyl (C=O) groups excluding carboxylic acids is 2. The van der Waals surface area contributed by atoms with Gasteiger partial charge in [0.25, 0.3) is 0 Å². The Hall–Kier alpha value is -1.62. The van der Waals surface area contributed by atoms with Gasteiger partial charge < -0.3 is 10.6 Å². The minimum Gasteiger partial charge on any atom is -0.351 e. The molecule has 0 saturated heterocycles. The van der Waals surface area contributed by atoms with E-state index in [1.807, 2.05) is 20.8 Å². The second-order valence-corrected chi connectivity index (χ2v) is 6.71. The summed E-state index contributed by atoms with van der Waals surface area (Å²) in [5, 5.41) is 5.46. The number of benzene rings is 1. The van der Waals surface area contributed by atoms with Crippen molar-refractivity contribution in [2.45, 2.75) is 32.7 Å². The first-order chi connectivity index (χ1) is 9.67. The van der Waals surface area contributed by atoms with Crippen molar-refractivity contribution in [1.29, 1.82) is 0 Å². The fourth-order valence-corrected chi connectivity index (χ4v) is 2.23. The lowest BCUT2D eigenvalue weighted by molar-refractivity contribution is -0.126. The van der Waals surface area contributed by atoms with E-state index in [0.29, 0.717) is 12.1 Å². The van der Waals surface area contributed by atoms with Crippen LogP contribution in [0.15, 0.2) is 18.2 Å². The average Bonchev–Trinajstić information content (AvgIpc) is 3.12. The van der Waals surface area contributed by atoms with Gasteiger partial charge in [0.1, 0.15) is 5.82 Å². The maximum Gasteiger partial charge on any atom is 0.228 e. The summed E-state index contributed by atoms with van der Waals surface area (Å²) in [7, 11) is 0. The molecule has 21 heavy (non-hydrogen) atoms. The summed E-state index contributed by atoms with van der Waals surface area (Å²) < 4.78 is 13.0. The summed E-state index contributed by atoms with van der Waals surface area (Å²) in [6.45, 7) is 5.68. The van der Waals surface area contributed by atoms with Gasteiger partial charge in [-0.2, -0.15) is 0 Å². The van der Waals surface area contributed by atoms with Crippen molar-refractivity contribution < 1.29 is 14.0 Å². The number of carbonyl (C=O) groups is 2. The van der Waals surface area contributed by atoms with Crippen LogP contribution < -0.4 is 10.6 Å². The molecule has 0 heterocycles. The Morgan fingerprint density at radius 2 is 1.86 bits per heavy atom. The van der Waals surface area contributed by atoms with Crippen molar-refractivity contribution >= 4 is 29.1 Å². The molecular formula is C15H18ClFN2O2. The van der Waals surface area contributed by atoms with E-state index in [1.54, 1.807) is 0 Å². The Bertz CT molecular complexity index is 584. The van der Waals surface area contributed by atoms with Crippen molar-refractivity contribution in [3.8, 4) is 0 Å². The minimum absolute atomic E-state index is 0.0503. The summed E-state index contributed by atoms with van der Waals surface area (Å²) in [5.41, 5.74) is 0.110. The van der Waals surface area contributed by atoms with E-state index in [2.05, 4.69) is 10.6 Å². The number of halogens is 2. The highest BCUT2D eigenvalue weighted by molar-refractivity contribution is 6.31. The topological polar surface area (TPSA) is 58.2 Å². The van der Waals surface area contributed by atoms with Crippen LogP contribution in [0.25, 0.3) is 0 Å². The second kappa shape index (κ2) is 5.64. The zero-order valence-electron chi connectivity index (χ0n) is 12.2. The zero-order chi connectivity index (χ0) is 15.8. The van der Waals surface area contributed by atoms with Crippen LogP contribution in [-0.2, 0) is 9.59 Å². The van der Waals surface area contributed by atoms with Crippen LogP contribution in [0.5, 0.6) is 0 Å². The van der Waals surface area contributed by atoms with E-state index in [1.165, 1.54) is 18.2 Å². The molecule has 0 aliphatic heterocycles. The third kappa shape index (κ3) is 4.17. The highest BCUT2D eigenvalue weighted by Gasteiger charge is 2.48. The molecule has 2 amide bonds. The molecule has 1 fully saturated rings. The Morgan fingerprint density at radius 3 is 2.43 bits per heavy atom. The molecule has 1 aliphatic carbocycles. The number of hydrogen-bond donors (Lipinski definition) is 2. The van der Waals surface area contributed by atoms with E-state index >= 15 is 0 Å². The van der Waals surface area contributed by atoms with Crippen LogP contribution >= 0.6 is 11.6 Å². The molecule has 6 heteroatoms. The highest BCUT2D eigenvalue weighted by atomic mass is 35.5. The molecule has 2 atom stereocenters. The Balaban J connectivity index is 1.91. The predicted octanol–water partition coefficient (Wildman–Crippen LogP) is 2.97. The minimum atomic E-state index is -0.538. The van der Waals surface area contributed by atoms with E-state index in [0.717, 1.165) is 0 Å². The van der Waals surface area contributed by atoms with Crippen molar-refractivity contribution in [3.05, 3.63) is 29.0 Å². The largest absolute Gasteiger partial charge is 0.351 e. The normalized spacial score (nSPS) is 20.8. The number of amides is 2. The standard InChI is InChI=1S/C15H18ClFN2O2/c1-15(2,3)19-14(21)10-7-9(10)13(20)18-8-4-5-12(17)11(16)6-8/h4-6,9-10H,7H2,1-3H3,(H,18,20)(H,19,21). The van der Waals surface area contributed by atoms with Gasteiger partial charge in [-0.3, -0.25) is 9.59 Å². The third-order valence-corrected chi connectivity index (χ3v) is 3.44. The van der Waals surface area contributed by atoms with Crippen LogP contribution in [-0.4, -0.2) is 17.4 Å². The molecule has 2 rings (SSSR count). The zero-order valence-corrected chi connectivity index (χ0v) is 12.9. The SMILES string of the molecule is CC(C)(C)NC(=O)C1CC1C(=O)Nc1ccc(F)c(Cl)c1. The summed E-state index contributed by atoms with van der Waals surface area (Å²) in [4.78, 5) is 23.9. The molecule has 4 nitrogen and oxygen atoms in total.